The first kappa shape index (κ1) is 20.4. The van der Waals surface area contributed by atoms with Gasteiger partial charge in [0.2, 0.25) is 0 Å². The van der Waals surface area contributed by atoms with Gasteiger partial charge in [-0.15, -0.1) is 0 Å². The topological polar surface area (TPSA) is 106 Å². The van der Waals surface area contributed by atoms with Crippen LogP contribution in [-0.2, 0) is 11.3 Å². The van der Waals surface area contributed by atoms with Gasteiger partial charge in [0, 0.05) is 30.1 Å². The third kappa shape index (κ3) is 3.21. The predicted molar refractivity (Wildman–Crippen MR) is 128 cm³/mol. The van der Waals surface area contributed by atoms with Crippen molar-refractivity contribution in [2.75, 3.05) is 0 Å². The smallest absolute Gasteiger partial charge is 0.251 e. The van der Waals surface area contributed by atoms with Crippen LogP contribution in [-0.4, -0.2) is 21.5 Å². The fourth-order valence-corrected chi connectivity index (χ4v) is 4.88. The Kier molecular flexibility index (Phi) is 4.60. The first-order valence-corrected chi connectivity index (χ1v) is 11.1. The molecule has 34 heavy (non-hydrogen) atoms. The molecule has 6 rings (SSSR count). The lowest BCUT2D eigenvalue weighted by molar-refractivity contribution is 0.0857. The molecule has 0 fully saturated rings. The molecule has 2 aliphatic heterocycles. The van der Waals surface area contributed by atoms with E-state index in [1.807, 2.05) is 54.2 Å². The van der Waals surface area contributed by atoms with Crippen LogP contribution in [0.1, 0.15) is 61.5 Å². The predicted octanol–water partition coefficient (Wildman–Crippen LogP) is 3.92. The van der Waals surface area contributed by atoms with E-state index in [0.717, 1.165) is 33.5 Å². The summed E-state index contributed by atoms with van der Waals surface area (Å²) in [5, 5.41) is 14.9. The summed E-state index contributed by atoms with van der Waals surface area (Å²) in [5.41, 5.74) is 14.3. The fourth-order valence-electron chi connectivity index (χ4n) is 4.88. The zero-order valence-electron chi connectivity index (χ0n) is 18.6. The van der Waals surface area contributed by atoms with Gasteiger partial charge in [0.25, 0.3) is 5.91 Å². The molecule has 3 aromatic carbocycles. The number of nitrogen functional groups attached to an aromatic ring is 1. The first-order chi connectivity index (χ1) is 16.5. The van der Waals surface area contributed by atoms with E-state index in [9.17, 15) is 4.79 Å². The van der Waals surface area contributed by atoms with Gasteiger partial charge in [-0.3, -0.25) is 10.2 Å². The van der Waals surface area contributed by atoms with E-state index in [0.29, 0.717) is 17.7 Å². The number of aromatic nitrogens is 2. The maximum absolute atomic E-state index is 12.9. The standard InChI is InChI=1S/C27H23N5O2/c1-15-11-16(26(28)29)3-4-18(15)14-30-27(33)17-5-7-20-22(12-17)25-23-13-19(32-10-2-9-31-32)6-8-21(23)24(20)34-25/h2-13,24-25H,14H2,1H3,(H3,28,29)(H,30,33). The van der Waals surface area contributed by atoms with Crippen molar-refractivity contribution in [3.8, 4) is 5.69 Å². The van der Waals surface area contributed by atoms with Crippen molar-refractivity contribution in [3.63, 3.8) is 0 Å². The lowest BCUT2D eigenvalue weighted by Gasteiger charge is -2.18. The van der Waals surface area contributed by atoms with Crippen molar-refractivity contribution in [3.05, 3.63) is 118 Å². The minimum absolute atomic E-state index is 0.0339. The van der Waals surface area contributed by atoms with Crippen molar-refractivity contribution in [2.45, 2.75) is 25.7 Å². The molecule has 2 unspecified atom stereocenters. The van der Waals surface area contributed by atoms with Crippen molar-refractivity contribution >= 4 is 11.7 Å². The van der Waals surface area contributed by atoms with Gasteiger partial charge in [-0.1, -0.05) is 24.3 Å². The number of fused-ring (bicyclic) bond motifs is 8. The SMILES string of the molecule is Cc1cc(C(=N)N)ccc1CNC(=O)c1ccc2c(c1)C1OC2c2ccc(-n3cccn3)cc21. The molecule has 168 valence electrons. The lowest BCUT2D eigenvalue weighted by Crippen LogP contribution is -2.23. The third-order valence-electron chi connectivity index (χ3n) is 6.68. The Labute approximate surface area is 196 Å². The number of rotatable bonds is 5. The Balaban J connectivity index is 1.23. The first-order valence-electron chi connectivity index (χ1n) is 11.1. The normalized spacial score (nSPS) is 17.3. The van der Waals surface area contributed by atoms with Gasteiger partial charge in [0.05, 0.1) is 5.69 Å². The van der Waals surface area contributed by atoms with E-state index < -0.39 is 0 Å². The van der Waals surface area contributed by atoms with Gasteiger partial charge >= 0.3 is 0 Å². The molecular weight excluding hydrogens is 426 g/mol. The van der Waals surface area contributed by atoms with Crippen LogP contribution in [0.3, 0.4) is 0 Å². The molecule has 2 aliphatic rings. The van der Waals surface area contributed by atoms with E-state index in [1.165, 1.54) is 5.56 Å². The number of amides is 1. The van der Waals surface area contributed by atoms with E-state index in [2.05, 4.69) is 28.6 Å². The molecule has 1 amide bonds. The molecule has 3 heterocycles. The molecule has 0 spiro atoms. The van der Waals surface area contributed by atoms with Crippen LogP contribution < -0.4 is 11.1 Å². The van der Waals surface area contributed by atoms with Gasteiger partial charge < -0.3 is 15.8 Å². The monoisotopic (exact) mass is 449 g/mol. The molecule has 7 heteroatoms. The number of hydrogen-bond donors (Lipinski definition) is 3. The van der Waals surface area contributed by atoms with Crippen LogP contribution >= 0.6 is 0 Å². The van der Waals surface area contributed by atoms with Crippen molar-refractivity contribution in [1.82, 2.24) is 15.1 Å². The van der Waals surface area contributed by atoms with Crippen LogP contribution in [0.2, 0.25) is 0 Å². The van der Waals surface area contributed by atoms with E-state index >= 15 is 0 Å². The average Bonchev–Trinajstić information content (AvgIpc) is 3.58. The van der Waals surface area contributed by atoms with Gasteiger partial charge in [-0.05, 0) is 76.7 Å². The van der Waals surface area contributed by atoms with E-state index in [4.69, 9.17) is 15.9 Å². The highest BCUT2D eigenvalue weighted by atomic mass is 16.5. The highest BCUT2D eigenvalue weighted by Gasteiger charge is 2.43. The summed E-state index contributed by atoms with van der Waals surface area (Å²) in [6.07, 6.45) is 3.40. The second-order valence-corrected chi connectivity index (χ2v) is 8.74. The molecule has 2 bridgehead atoms. The van der Waals surface area contributed by atoms with Crippen LogP contribution in [0.25, 0.3) is 5.69 Å². The Morgan fingerprint density at radius 1 is 1.03 bits per heavy atom. The van der Waals surface area contributed by atoms with E-state index in [-0.39, 0.29) is 24.0 Å². The number of ether oxygens (including phenoxy) is 1. The highest BCUT2D eigenvalue weighted by molar-refractivity contribution is 5.95. The number of aryl methyl sites for hydroxylation is 1. The minimum atomic E-state index is -0.181. The number of nitrogens with one attached hydrogen (secondary N) is 2. The zero-order chi connectivity index (χ0) is 23.4. The molecular formula is C27H23N5O2. The molecule has 0 radical (unpaired) electrons. The number of hydrogen-bond acceptors (Lipinski definition) is 4. The fraction of sp³-hybridized carbons (Fsp3) is 0.148. The molecule has 7 nitrogen and oxygen atoms in total. The number of carbonyl (C=O) groups excluding carboxylic acids is 1. The van der Waals surface area contributed by atoms with Gasteiger partial charge in [-0.25, -0.2) is 4.68 Å². The molecule has 0 saturated carbocycles. The maximum Gasteiger partial charge on any atom is 0.251 e. The summed E-state index contributed by atoms with van der Waals surface area (Å²) >= 11 is 0. The molecule has 0 aliphatic carbocycles. The summed E-state index contributed by atoms with van der Waals surface area (Å²) in [5.74, 6) is -0.0993. The molecule has 0 saturated heterocycles. The lowest BCUT2D eigenvalue weighted by atomic mass is 9.85. The van der Waals surface area contributed by atoms with Gasteiger partial charge in [0.1, 0.15) is 18.0 Å². The number of benzene rings is 3. The summed E-state index contributed by atoms with van der Waals surface area (Å²) < 4.78 is 8.14. The number of amidine groups is 1. The molecule has 4 aromatic rings. The summed E-state index contributed by atoms with van der Waals surface area (Å²) in [7, 11) is 0. The quantitative estimate of drug-likeness (QED) is 0.317. The molecule has 1 aromatic heterocycles. The van der Waals surface area contributed by atoms with Crippen LogP contribution in [0.4, 0.5) is 0 Å². The third-order valence-corrected chi connectivity index (χ3v) is 6.68. The highest BCUT2D eigenvalue weighted by Crippen LogP contribution is 2.54. The van der Waals surface area contributed by atoms with E-state index in [1.54, 1.807) is 12.3 Å². The van der Waals surface area contributed by atoms with Gasteiger partial charge in [0.15, 0.2) is 0 Å². The average molecular weight is 450 g/mol. The van der Waals surface area contributed by atoms with Crippen LogP contribution in [0, 0.1) is 12.3 Å². The molecule has 2 atom stereocenters. The van der Waals surface area contributed by atoms with Crippen LogP contribution in [0.5, 0.6) is 0 Å². The largest absolute Gasteiger partial charge is 0.384 e. The summed E-state index contributed by atoms with van der Waals surface area (Å²) in [6, 6.07) is 19.6. The van der Waals surface area contributed by atoms with Crippen molar-refractivity contribution in [1.29, 1.82) is 5.41 Å². The summed E-state index contributed by atoms with van der Waals surface area (Å²) in [4.78, 5) is 12.9. The maximum atomic E-state index is 12.9. The summed E-state index contributed by atoms with van der Waals surface area (Å²) in [6.45, 7) is 2.35. The van der Waals surface area contributed by atoms with Crippen molar-refractivity contribution < 1.29 is 9.53 Å². The number of nitrogens with zero attached hydrogens (tertiary/aromatic N) is 2. The number of nitrogens with two attached hydrogens (primary N) is 1. The Bertz CT molecular complexity index is 1460. The Morgan fingerprint density at radius 3 is 2.50 bits per heavy atom. The Morgan fingerprint density at radius 2 is 1.76 bits per heavy atom. The number of carbonyl (C=O) groups is 1. The van der Waals surface area contributed by atoms with Gasteiger partial charge in [-0.2, -0.15) is 5.10 Å². The minimum Gasteiger partial charge on any atom is -0.384 e. The van der Waals surface area contributed by atoms with Crippen LogP contribution in [0.15, 0.2) is 73.1 Å². The zero-order valence-corrected chi connectivity index (χ0v) is 18.6. The van der Waals surface area contributed by atoms with Crippen molar-refractivity contribution in [2.24, 2.45) is 5.73 Å². The second kappa shape index (κ2) is 7.67. The second-order valence-electron chi connectivity index (χ2n) is 8.74. The Hall–Kier alpha value is -4.23. The molecule has 4 N–H and O–H groups in total.